The van der Waals surface area contributed by atoms with Crippen molar-refractivity contribution in [2.45, 2.75) is 31.5 Å². The van der Waals surface area contributed by atoms with E-state index < -0.39 is 6.10 Å². The Kier molecular flexibility index (Phi) is 2.49. The van der Waals surface area contributed by atoms with E-state index in [1.807, 2.05) is 0 Å². The third-order valence-corrected chi connectivity index (χ3v) is 4.77. The summed E-state index contributed by atoms with van der Waals surface area (Å²) < 4.78 is 5.49. The van der Waals surface area contributed by atoms with Crippen LogP contribution < -0.4 is 0 Å². The summed E-state index contributed by atoms with van der Waals surface area (Å²) in [7, 11) is 0. The highest BCUT2D eigenvalue weighted by atomic mass is 16.6. The molecule has 3 rings (SSSR count). The van der Waals surface area contributed by atoms with E-state index in [4.69, 9.17) is 4.74 Å². The molecule has 3 aliphatic rings. The molecular weight excluding hydrogens is 228 g/mol. The average molecular weight is 246 g/mol. The number of aliphatic hydroxyl groups is 1. The minimum absolute atomic E-state index is 0.0888. The Balaban J connectivity index is 2.04. The fourth-order valence-corrected chi connectivity index (χ4v) is 3.72. The van der Waals surface area contributed by atoms with Crippen molar-refractivity contribution in [3.63, 3.8) is 0 Å². The van der Waals surface area contributed by atoms with Gasteiger partial charge in [-0.1, -0.05) is 25.3 Å². The lowest BCUT2D eigenvalue weighted by Gasteiger charge is -2.26. The van der Waals surface area contributed by atoms with E-state index in [1.54, 1.807) is 0 Å². The molecular formula is C15H18O3. The van der Waals surface area contributed by atoms with Crippen molar-refractivity contribution < 1.29 is 14.6 Å². The molecule has 0 unspecified atom stereocenters. The van der Waals surface area contributed by atoms with E-state index in [-0.39, 0.29) is 29.8 Å². The van der Waals surface area contributed by atoms with Crippen LogP contribution in [-0.4, -0.2) is 23.3 Å². The second-order valence-corrected chi connectivity index (χ2v) is 5.66. The van der Waals surface area contributed by atoms with Crippen molar-refractivity contribution in [2.24, 2.45) is 17.8 Å². The maximum Gasteiger partial charge on any atom is 0.334 e. The summed E-state index contributed by atoms with van der Waals surface area (Å²) >= 11 is 0. The second kappa shape index (κ2) is 3.82. The van der Waals surface area contributed by atoms with Gasteiger partial charge in [0.15, 0.2) is 0 Å². The fraction of sp³-hybridized carbons (Fsp3) is 0.533. The normalized spacial score (nSPS) is 43.5. The van der Waals surface area contributed by atoms with Gasteiger partial charge in [-0.15, -0.1) is 0 Å². The highest BCUT2D eigenvalue weighted by molar-refractivity contribution is 5.91. The molecule has 0 spiro atoms. The molecule has 5 atom stereocenters. The highest BCUT2D eigenvalue weighted by Crippen LogP contribution is 2.51. The van der Waals surface area contributed by atoms with E-state index in [2.05, 4.69) is 19.7 Å². The fourth-order valence-electron chi connectivity index (χ4n) is 3.72. The molecule has 3 heteroatoms. The van der Waals surface area contributed by atoms with Crippen LogP contribution in [0.15, 0.2) is 36.5 Å². The molecule has 0 aromatic carbocycles. The first-order valence-corrected chi connectivity index (χ1v) is 6.45. The van der Waals surface area contributed by atoms with Gasteiger partial charge in [0.2, 0.25) is 0 Å². The first kappa shape index (κ1) is 11.7. The van der Waals surface area contributed by atoms with Gasteiger partial charge in [-0.3, -0.25) is 0 Å². The Morgan fingerprint density at radius 3 is 2.67 bits per heavy atom. The van der Waals surface area contributed by atoms with Crippen molar-refractivity contribution in [2.75, 3.05) is 0 Å². The summed E-state index contributed by atoms with van der Waals surface area (Å²) in [5, 5.41) is 10.2. The van der Waals surface area contributed by atoms with Gasteiger partial charge in [0, 0.05) is 17.4 Å². The van der Waals surface area contributed by atoms with Crippen LogP contribution in [0.3, 0.4) is 0 Å². The van der Waals surface area contributed by atoms with E-state index in [0.29, 0.717) is 12.0 Å². The summed E-state index contributed by atoms with van der Waals surface area (Å²) in [4.78, 5) is 11.7. The number of esters is 1. The largest absolute Gasteiger partial charge is 0.458 e. The maximum absolute atomic E-state index is 11.7. The second-order valence-electron chi connectivity index (χ2n) is 5.66. The number of hydrogen-bond acceptors (Lipinski definition) is 3. The van der Waals surface area contributed by atoms with Gasteiger partial charge in [-0.05, 0) is 30.8 Å². The van der Waals surface area contributed by atoms with Crippen LogP contribution in [0.25, 0.3) is 0 Å². The average Bonchev–Trinajstić information content (AvgIpc) is 2.80. The molecule has 3 fully saturated rings. The zero-order valence-corrected chi connectivity index (χ0v) is 10.4. The van der Waals surface area contributed by atoms with Gasteiger partial charge in [0.05, 0.1) is 6.10 Å². The molecule has 0 bridgehead atoms. The van der Waals surface area contributed by atoms with E-state index in [0.717, 1.165) is 24.0 Å². The minimum Gasteiger partial charge on any atom is -0.458 e. The number of aliphatic hydroxyl groups excluding tert-OH is 1. The zero-order valence-electron chi connectivity index (χ0n) is 10.4. The van der Waals surface area contributed by atoms with E-state index in [9.17, 15) is 9.90 Å². The molecule has 0 amide bonds. The Hall–Kier alpha value is -1.35. The highest BCUT2D eigenvalue weighted by Gasteiger charge is 2.52. The predicted molar refractivity (Wildman–Crippen MR) is 67.6 cm³/mol. The SMILES string of the molecule is C=C1CC[C@H]2C(=C)[C@@H](O)C[C@H]3C(=C)C(=O)O[C@@H]3[C@@H]12. The van der Waals surface area contributed by atoms with Crippen molar-refractivity contribution in [1.29, 1.82) is 0 Å². The summed E-state index contributed by atoms with van der Waals surface area (Å²) in [6.45, 7) is 12.0. The number of hydrogen-bond donors (Lipinski definition) is 1. The molecule has 1 saturated heterocycles. The van der Waals surface area contributed by atoms with Crippen molar-refractivity contribution in [1.82, 2.24) is 0 Å². The molecule has 3 nitrogen and oxygen atoms in total. The number of ether oxygens (including phenoxy) is 1. The quantitative estimate of drug-likeness (QED) is 0.404. The number of rotatable bonds is 0. The lowest BCUT2D eigenvalue weighted by atomic mass is 9.82. The zero-order chi connectivity index (χ0) is 13.0. The van der Waals surface area contributed by atoms with Gasteiger partial charge < -0.3 is 9.84 Å². The summed E-state index contributed by atoms with van der Waals surface area (Å²) in [5.74, 6) is -0.0960. The van der Waals surface area contributed by atoms with Crippen LogP contribution in [0.2, 0.25) is 0 Å². The van der Waals surface area contributed by atoms with Gasteiger partial charge in [-0.2, -0.15) is 0 Å². The van der Waals surface area contributed by atoms with E-state index in [1.165, 1.54) is 0 Å². The standard InChI is InChI=1S/C15H18O3/c1-7-4-5-10-8(2)12(16)6-11-9(3)15(17)18-14(11)13(7)10/h10-14,16H,1-6H2/t10-,11-,12-,13-,14-/m0/s1. The molecule has 0 aromatic rings. The monoisotopic (exact) mass is 246 g/mol. The number of fused-ring (bicyclic) bond motifs is 3. The lowest BCUT2D eigenvalue weighted by Crippen LogP contribution is -2.28. The third-order valence-electron chi connectivity index (χ3n) is 4.77. The van der Waals surface area contributed by atoms with Gasteiger partial charge in [0.1, 0.15) is 6.10 Å². The molecule has 2 saturated carbocycles. The van der Waals surface area contributed by atoms with Crippen LogP contribution in [0.4, 0.5) is 0 Å². The summed E-state index contributed by atoms with van der Waals surface area (Å²) in [6.07, 6.45) is 1.61. The van der Waals surface area contributed by atoms with Gasteiger partial charge in [-0.25, -0.2) is 4.79 Å². The molecule has 1 aliphatic heterocycles. The van der Waals surface area contributed by atoms with Crippen molar-refractivity contribution in [3.05, 3.63) is 36.5 Å². The van der Waals surface area contributed by atoms with Gasteiger partial charge in [0.25, 0.3) is 0 Å². The maximum atomic E-state index is 11.7. The molecule has 0 radical (unpaired) electrons. The first-order chi connectivity index (χ1) is 8.50. The minimum atomic E-state index is -0.565. The molecule has 2 aliphatic carbocycles. The smallest absolute Gasteiger partial charge is 0.334 e. The Morgan fingerprint density at radius 2 is 1.94 bits per heavy atom. The lowest BCUT2D eigenvalue weighted by molar-refractivity contribution is -0.141. The summed E-state index contributed by atoms with van der Waals surface area (Å²) in [6, 6.07) is 0. The van der Waals surface area contributed by atoms with Crippen LogP contribution in [-0.2, 0) is 9.53 Å². The molecule has 96 valence electrons. The number of carbonyl (C=O) groups is 1. The first-order valence-electron chi connectivity index (χ1n) is 6.45. The van der Waals surface area contributed by atoms with Gasteiger partial charge >= 0.3 is 5.97 Å². The predicted octanol–water partition coefficient (Wildman–Crippen LogP) is 1.99. The molecule has 0 aromatic heterocycles. The molecule has 1 N–H and O–H groups in total. The van der Waals surface area contributed by atoms with Crippen LogP contribution in [0, 0.1) is 17.8 Å². The Labute approximate surface area is 107 Å². The Morgan fingerprint density at radius 1 is 1.22 bits per heavy atom. The van der Waals surface area contributed by atoms with Crippen LogP contribution in [0.1, 0.15) is 19.3 Å². The van der Waals surface area contributed by atoms with Crippen molar-refractivity contribution in [3.8, 4) is 0 Å². The molecule has 18 heavy (non-hydrogen) atoms. The van der Waals surface area contributed by atoms with Crippen LogP contribution in [0.5, 0.6) is 0 Å². The Bertz CT molecular complexity index is 462. The van der Waals surface area contributed by atoms with Crippen LogP contribution >= 0.6 is 0 Å². The third kappa shape index (κ3) is 1.43. The molecule has 1 heterocycles. The topological polar surface area (TPSA) is 46.5 Å². The number of carbonyl (C=O) groups excluding carboxylic acids is 1. The summed E-state index contributed by atoms with van der Waals surface area (Å²) in [5.41, 5.74) is 2.48. The van der Waals surface area contributed by atoms with Crippen molar-refractivity contribution >= 4 is 5.97 Å². The van der Waals surface area contributed by atoms with E-state index >= 15 is 0 Å².